The van der Waals surface area contributed by atoms with Gasteiger partial charge in [0.05, 0.1) is 0 Å². The lowest BCUT2D eigenvalue weighted by Crippen LogP contribution is -2.10. The van der Waals surface area contributed by atoms with Gasteiger partial charge in [-0.05, 0) is 84.8 Å². The molecule has 0 heterocycles. The van der Waals surface area contributed by atoms with E-state index in [0.717, 1.165) is 6.42 Å². The molecule has 1 unspecified atom stereocenters. The topological polar surface area (TPSA) is 0 Å². The quantitative estimate of drug-likeness (QED) is 0.296. The van der Waals surface area contributed by atoms with E-state index < -0.39 is 0 Å². The second-order valence-electron chi connectivity index (χ2n) is 10.6. The van der Waals surface area contributed by atoms with Crippen molar-refractivity contribution in [3.05, 3.63) is 113 Å². The summed E-state index contributed by atoms with van der Waals surface area (Å²) in [6, 6.07) is 25.0. The van der Waals surface area contributed by atoms with Crippen LogP contribution in [0.1, 0.15) is 68.9 Å². The Hall–Kier alpha value is -3.38. The highest BCUT2D eigenvalue weighted by molar-refractivity contribution is 6.02. The van der Waals surface area contributed by atoms with Crippen LogP contribution in [0.5, 0.6) is 0 Å². The third-order valence-corrected chi connectivity index (χ3v) is 7.41. The third-order valence-electron chi connectivity index (χ3n) is 7.41. The molecular formula is C34H34. The molecular weight excluding hydrogens is 408 g/mol. The fourth-order valence-corrected chi connectivity index (χ4v) is 5.43. The highest BCUT2D eigenvalue weighted by Gasteiger charge is 2.23. The van der Waals surface area contributed by atoms with Crippen molar-refractivity contribution in [2.45, 2.75) is 46.5 Å². The minimum atomic E-state index is 0.126. The minimum Gasteiger partial charge on any atom is -0.0984 e. The fraction of sp³-hybridized carbons (Fsp3) is 0.235. The fourth-order valence-electron chi connectivity index (χ4n) is 5.43. The normalized spacial score (nSPS) is 16.1. The van der Waals surface area contributed by atoms with Crippen molar-refractivity contribution in [2.75, 3.05) is 0 Å². The maximum absolute atomic E-state index is 4.23. The molecule has 0 N–H and O–H groups in total. The van der Waals surface area contributed by atoms with E-state index in [1.807, 2.05) is 6.08 Å². The summed E-state index contributed by atoms with van der Waals surface area (Å²) in [6.45, 7) is 15.7. The van der Waals surface area contributed by atoms with Crippen molar-refractivity contribution >= 4 is 39.3 Å². The Morgan fingerprint density at radius 2 is 1.62 bits per heavy atom. The Morgan fingerprint density at radius 3 is 2.35 bits per heavy atom. The van der Waals surface area contributed by atoms with E-state index in [0.29, 0.717) is 5.92 Å². The van der Waals surface area contributed by atoms with Gasteiger partial charge in [0.15, 0.2) is 0 Å². The highest BCUT2D eigenvalue weighted by Crippen LogP contribution is 2.42. The molecule has 0 saturated carbocycles. The van der Waals surface area contributed by atoms with E-state index in [-0.39, 0.29) is 5.41 Å². The summed E-state index contributed by atoms with van der Waals surface area (Å²) in [6.07, 6.45) is 7.77. The molecule has 0 spiro atoms. The van der Waals surface area contributed by atoms with Crippen LogP contribution in [0.25, 0.3) is 39.3 Å². The summed E-state index contributed by atoms with van der Waals surface area (Å²) >= 11 is 0. The van der Waals surface area contributed by atoms with Gasteiger partial charge in [0, 0.05) is 0 Å². The summed E-state index contributed by atoms with van der Waals surface area (Å²) in [7, 11) is 0. The summed E-state index contributed by atoms with van der Waals surface area (Å²) in [4.78, 5) is 0. The molecule has 1 atom stereocenters. The van der Waals surface area contributed by atoms with Gasteiger partial charge >= 0.3 is 0 Å². The van der Waals surface area contributed by atoms with Crippen molar-refractivity contribution in [2.24, 2.45) is 5.92 Å². The molecule has 4 aromatic rings. The summed E-state index contributed by atoms with van der Waals surface area (Å²) in [5.41, 5.74) is 9.48. The maximum Gasteiger partial charge on any atom is -0.00390 e. The molecule has 0 radical (unpaired) electrons. The smallest absolute Gasteiger partial charge is 0.00390 e. The number of fused-ring (bicyclic) bond motifs is 4. The van der Waals surface area contributed by atoms with E-state index in [2.05, 4.69) is 120 Å². The first-order valence-corrected chi connectivity index (χ1v) is 12.5. The van der Waals surface area contributed by atoms with E-state index in [1.165, 1.54) is 60.5 Å². The van der Waals surface area contributed by atoms with Gasteiger partial charge in [-0.3, -0.25) is 0 Å². The molecule has 1 aliphatic carbocycles. The first-order chi connectivity index (χ1) is 16.3. The molecule has 1 aliphatic rings. The predicted octanol–water partition coefficient (Wildman–Crippen LogP) is 9.81. The standard InChI is InChI=1S/C34H34/c1-7-23-19-26-20-27(34(4,5)6)16-14-25(26)21-32(23)33-28(8-2)22(3)13-17-30-29-12-10-9-11-24(29)15-18-31(30)33/h7,9-22H,1,8H2,2-6H3. The van der Waals surface area contributed by atoms with Gasteiger partial charge in [-0.2, -0.15) is 0 Å². The molecule has 0 saturated heterocycles. The average Bonchev–Trinajstić information content (AvgIpc) is 2.98. The lowest BCUT2D eigenvalue weighted by molar-refractivity contribution is 0.591. The molecule has 4 aromatic carbocycles. The first kappa shape index (κ1) is 22.4. The van der Waals surface area contributed by atoms with Crippen LogP contribution in [-0.2, 0) is 5.41 Å². The van der Waals surface area contributed by atoms with Crippen LogP contribution in [-0.4, -0.2) is 0 Å². The van der Waals surface area contributed by atoms with Gasteiger partial charge in [-0.1, -0.05) is 120 Å². The van der Waals surface area contributed by atoms with E-state index in [1.54, 1.807) is 0 Å². The zero-order chi connectivity index (χ0) is 24.0. The largest absolute Gasteiger partial charge is 0.0984 e. The zero-order valence-corrected chi connectivity index (χ0v) is 21.1. The lowest BCUT2D eigenvalue weighted by Gasteiger charge is -2.22. The SMILES string of the molecule is C=Cc1cc2cc(C(C)(C)C)ccc2cc1C1=C(CC)C(C)C=Cc2c1ccc1ccccc21. The van der Waals surface area contributed by atoms with Crippen molar-refractivity contribution < 1.29 is 0 Å². The number of hydrogen-bond acceptors (Lipinski definition) is 0. The van der Waals surface area contributed by atoms with Crippen LogP contribution in [0.2, 0.25) is 0 Å². The Kier molecular flexibility index (Phi) is 5.56. The van der Waals surface area contributed by atoms with Crippen LogP contribution in [0.15, 0.2) is 85.0 Å². The zero-order valence-electron chi connectivity index (χ0n) is 21.1. The molecule has 0 fully saturated rings. The monoisotopic (exact) mass is 442 g/mol. The molecule has 170 valence electrons. The maximum atomic E-state index is 4.23. The molecule has 34 heavy (non-hydrogen) atoms. The summed E-state index contributed by atoms with van der Waals surface area (Å²) in [5, 5.41) is 5.16. The highest BCUT2D eigenvalue weighted by atomic mass is 14.3. The minimum absolute atomic E-state index is 0.126. The molecule has 0 bridgehead atoms. The van der Waals surface area contributed by atoms with Crippen molar-refractivity contribution in [1.82, 2.24) is 0 Å². The molecule has 5 rings (SSSR count). The number of allylic oxidation sites excluding steroid dienone is 2. The Bertz CT molecular complexity index is 1480. The van der Waals surface area contributed by atoms with Crippen molar-refractivity contribution in [3.63, 3.8) is 0 Å². The van der Waals surface area contributed by atoms with Crippen molar-refractivity contribution in [3.8, 4) is 0 Å². The first-order valence-electron chi connectivity index (χ1n) is 12.5. The predicted molar refractivity (Wildman–Crippen MR) is 151 cm³/mol. The molecule has 0 heteroatoms. The molecule has 0 aromatic heterocycles. The Balaban J connectivity index is 1.83. The van der Waals surface area contributed by atoms with Crippen molar-refractivity contribution in [1.29, 1.82) is 0 Å². The van der Waals surface area contributed by atoms with Crippen LogP contribution in [0, 0.1) is 5.92 Å². The van der Waals surface area contributed by atoms with Gasteiger partial charge in [0.2, 0.25) is 0 Å². The van der Waals surface area contributed by atoms with Gasteiger partial charge in [0.1, 0.15) is 0 Å². The number of hydrogen-bond donors (Lipinski definition) is 0. The third kappa shape index (κ3) is 3.72. The average molecular weight is 443 g/mol. The Morgan fingerprint density at radius 1 is 0.853 bits per heavy atom. The van der Waals surface area contributed by atoms with E-state index in [4.69, 9.17) is 0 Å². The van der Waals surface area contributed by atoms with Gasteiger partial charge in [-0.15, -0.1) is 0 Å². The van der Waals surface area contributed by atoms with E-state index >= 15 is 0 Å². The van der Waals surface area contributed by atoms with Gasteiger partial charge < -0.3 is 0 Å². The van der Waals surface area contributed by atoms with Crippen LogP contribution < -0.4 is 0 Å². The van der Waals surface area contributed by atoms with Gasteiger partial charge in [0.25, 0.3) is 0 Å². The summed E-state index contributed by atoms with van der Waals surface area (Å²) in [5.74, 6) is 0.378. The summed E-state index contributed by atoms with van der Waals surface area (Å²) < 4.78 is 0. The molecule has 0 amide bonds. The van der Waals surface area contributed by atoms with Crippen LogP contribution in [0.4, 0.5) is 0 Å². The second-order valence-corrected chi connectivity index (χ2v) is 10.6. The lowest BCUT2D eigenvalue weighted by atomic mass is 9.81. The van der Waals surface area contributed by atoms with Crippen LogP contribution in [0.3, 0.4) is 0 Å². The van der Waals surface area contributed by atoms with Crippen LogP contribution >= 0.6 is 0 Å². The van der Waals surface area contributed by atoms with Gasteiger partial charge in [-0.25, -0.2) is 0 Å². The second kappa shape index (κ2) is 8.44. The number of rotatable bonds is 3. The van der Waals surface area contributed by atoms with E-state index in [9.17, 15) is 0 Å². The number of benzene rings is 4. The Labute approximate surface area is 204 Å². The molecule has 0 aliphatic heterocycles. The molecule has 0 nitrogen and oxygen atoms in total.